The molecule has 0 unspecified atom stereocenters. The van der Waals surface area contributed by atoms with Crippen LogP contribution in [0.3, 0.4) is 0 Å². The number of rotatable bonds is 8. The number of furan rings is 1. The van der Waals surface area contributed by atoms with E-state index in [0.717, 1.165) is 11.3 Å². The van der Waals surface area contributed by atoms with Crippen molar-refractivity contribution < 1.29 is 13.9 Å². The number of nitriles is 1. The van der Waals surface area contributed by atoms with Gasteiger partial charge in [-0.25, -0.2) is 0 Å². The monoisotopic (exact) mass is 459 g/mol. The van der Waals surface area contributed by atoms with Gasteiger partial charge in [-0.05, 0) is 49.4 Å². The summed E-state index contributed by atoms with van der Waals surface area (Å²) < 4.78 is 12.8. The molecule has 4 aromatic rings. The van der Waals surface area contributed by atoms with E-state index in [-0.39, 0.29) is 5.91 Å². The van der Waals surface area contributed by atoms with Gasteiger partial charge in [0.2, 0.25) is 5.91 Å². The number of thioether (sulfide) groups is 1. The van der Waals surface area contributed by atoms with Crippen LogP contribution in [0.5, 0.6) is 5.75 Å². The van der Waals surface area contributed by atoms with Gasteiger partial charge in [-0.3, -0.25) is 9.36 Å². The first-order chi connectivity index (χ1) is 16.1. The molecule has 0 bridgehead atoms. The average molecular weight is 460 g/mol. The number of carbonyl (C=O) groups is 1. The van der Waals surface area contributed by atoms with Crippen LogP contribution < -0.4 is 10.1 Å². The van der Waals surface area contributed by atoms with Crippen LogP contribution in [-0.2, 0) is 11.3 Å². The molecule has 0 saturated heterocycles. The molecule has 0 aliphatic rings. The quantitative estimate of drug-likeness (QED) is 0.384. The van der Waals surface area contributed by atoms with E-state index in [2.05, 4.69) is 21.6 Å². The highest BCUT2D eigenvalue weighted by atomic mass is 32.2. The minimum atomic E-state index is -0.464. The first-order valence-corrected chi connectivity index (χ1v) is 11.0. The fourth-order valence-electron chi connectivity index (χ4n) is 3.17. The summed E-state index contributed by atoms with van der Waals surface area (Å²) in [7, 11) is 1.61. The number of anilines is 1. The second kappa shape index (κ2) is 10.1. The molecule has 0 radical (unpaired) electrons. The zero-order chi connectivity index (χ0) is 23.2. The van der Waals surface area contributed by atoms with E-state index in [1.54, 1.807) is 44.6 Å². The third kappa shape index (κ3) is 5.25. The van der Waals surface area contributed by atoms with E-state index in [4.69, 9.17) is 14.4 Å². The zero-order valence-corrected chi connectivity index (χ0v) is 18.9. The molecule has 2 aromatic carbocycles. The molecule has 8 nitrogen and oxygen atoms in total. The molecule has 2 aromatic heterocycles. The molecule has 4 rings (SSSR count). The van der Waals surface area contributed by atoms with Crippen LogP contribution in [0.2, 0.25) is 0 Å². The predicted molar refractivity (Wildman–Crippen MR) is 125 cm³/mol. The fourth-order valence-corrected chi connectivity index (χ4v) is 4.02. The standard InChI is InChI=1S/C24H21N5O3S/c1-16(23(30)26-19-8-3-6-17(12-19)14-25)33-24-28-27-22(18-7-4-9-20(13-18)31-2)29(24)15-21-10-5-11-32-21/h3-13,16H,15H2,1-2H3,(H,26,30)/t16-/m1/s1. The summed E-state index contributed by atoms with van der Waals surface area (Å²) in [6.07, 6.45) is 1.61. The van der Waals surface area contributed by atoms with E-state index < -0.39 is 5.25 Å². The van der Waals surface area contributed by atoms with Crippen LogP contribution in [0.1, 0.15) is 18.2 Å². The molecule has 33 heavy (non-hydrogen) atoms. The van der Waals surface area contributed by atoms with E-state index >= 15 is 0 Å². The maximum absolute atomic E-state index is 12.8. The van der Waals surface area contributed by atoms with Crippen molar-refractivity contribution in [1.82, 2.24) is 14.8 Å². The number of ether oxygens (including phenoxy) is 1. The Hall–Kier alpha value is -4.03. The number of carbonyl (C=O) groups excluding carboxylic acids is 1. The van der Waals surface area contributed by atoms with Gasteiger partial charge < -0.3 is 14.5 Å². The Bertz CT molecular complexity index is 1290. The van der Waals surface area contributed by atoms with Gasteiger partial charge in [-0.2, -0.15) is 5.26 Å². The maximum Gasteiger partial charge on any atom is 0.237 e. The van der Waals surface area contributed by atoms with Crippen molar-refractivity contribution in [3.8, 4) is 23.2 Å². The number of benzene rings is 2. The molecule has 1 atom stereocenters. The van der Waals surface area contributed by atoms with Crippen molar-refractivity contribution in [2.45, 2.75) is 23.9 Å². The molecule has 0 saturated carbocycles. The van der Waals surface area contributed by atoms with Gasteiger partial charge in [0.1, 0.15) is 11.5 Å². The first-order valence-electron chi connectivity index (χ1n) is 10.1. The first kappa shape index (κ1) is 22.2. The molecule has 0 aliphatic heterocycles. The summed E-state index contributed by atoms with van der Waals surface area (Å²) in [5.74, 6) is 1.89. The van der Waals surface area contributed by atoms with Crippen LogP contribution in [0, 0.1) is 11.3 Å². The minimum absolute atomic E-state index is 0.203. The van der Waals surface area contributed by atoms with Crippen LogP contribution >= 0.6 is 11.8 Å². The van der Waals surface area contributed by atoms with Gasteiger partial charge in [0.15, 0.2) is 11.0 Å². The summed E-state index contributed by atoms with van der Waals surface area (Å²) in [5, 5.41) is 20.8. The van der Waals surface area contributed by atoms with Crippen LogP contribution in [0.15, 0.2) is 76.5 Å². The van der Waals surface area contributed by atoms with Crippen LogP contribution in [0.25, 0.3) is 11.4 Å². The van der Waals surface area contributed by atoms with Crippen molar-refractivity contribution in [2.24, 2.45) is 0 Å². The SMILES string of the molecule is COc1cccc(-c2nnc(S[C@H](C)C(=O)Nc3cccc(C#N)c3)n2Cc2ccco2)c1. The molecule has 166 valence electrons. The Labute approximate surface area is 195 Å². The number of hydrogen-bond donors (Lipinski definition) is 1. The summed E-state index contributed by atoms with van der Waals surface area (Å²) in [6.45, 7) is 2.21. The third-order valence-corrected chi connectivity index (χ3v) is 5.93. The fraction of sp³-hybridized carbons (Fsp3) is 0.167. The number of nitrogens with zero attached hydrogens (tertiary/aromatic N) is 4. The number of nitrogens with one attached hydrogen (secondary N) is 1. The lowest BCUT2D eigenvalue weighted by Gasteiger charge is -2.13. The summed E-state index contributed by atoms with van der Waals surface area (Å²) in [5.41, 5.74) is 1.89. The van der Waals surface area contributed by atoms with Crippen molar-refractivity contribution in [1.29, 1.82) is 5.26 Å². The van der Waals surface area contributed by atoms with Gasteiger partial charge in [0.05, 0.1) is 36.8 Å². The molecule has 2 heterocycles. The van der Waals surface area contributed by atoms with E-state index in [0.29, 0.717) is 34.5 Å². The lowest BCUT2D eigenvalue weighted by atomic mass is 10.2. The molecule has 0 aliphatic carbocycles. The van der Waals surface area contributed by atoms with Crippen molar-refractivity contribution >= 4 is 23.4 Å². The van der Waals surface area contributed by atoms with Crippen molar-refractivity contribution in [3.63, 3.8) is 0 Å². The van der Waals surface area contributed by atoms with Crippen LogP contribution in [0.4, 0.5) is 5.69 Å². The highest BCUT2D eigenvalue weighted by Crippen LogP contribution is 2.30. The van der Waals surface area contributed by atoms with Gasteiger partial charge >= 0.3 is 0 Å². The predicted octanol–water partition coefficient (Wildman–Crippen LogP) is 4.59. The Morgan fingerprint density at radius 2 is 2.06 bits per heavy atom. The highest BCUT2D eigenvalue weighted by Gasteiger charge is 2.22. The normalized spacial score (nSPS) is 11.5. The molecular formula is C24H21N5O3S. The lowest BCUT2D eigenvalue weighted by Crippen LogP contribution is -2.23. The smallest absolute Gasteiger partial charge is 0.237 e. The molecule has 1 amide bonds. The number of amides is 1. The van der Waals surface area contributed by atoms with Gasteiger partial charge in [0, 0.05) is 11.3 Å². The topological polar surface area (TPSA) is 106 Å². The number of hydrogen-bond acceptors (Lipinski definition) is 7. The summed E-state index contributed by atoms with van der Waals surface area (Å²) in [6, 6.07) is 20.1. The van der Waals surface area contributed by atoms with E-state index in [1.165, 1.54) is 11.8 Å². The largest absolute Gasteiger partial charge is 0.497 e. The van der Waals surface area contributed by atoms with Crippen LogP contribution in [-0.4, -0.2) is 33.0 Å². The second-order valence-corrected chi connectivity index (χ2v) is 8.45. The lowest BCUT2D eigenvalue weighted by molar-refractivity contribution is -0.115. The van der Waals surface area contributed by atoms with Crippen molar-refractivity contribution in [3.05, 3.63) is 78.3 Å². The van der Waals surface area contributed by atoms with Gasteiger partial charge in [-0.15, -0.1) is 10.2 Å². The Balaban J connectivity index is 1.59. The molecular weight excluding hydrogens is 438 g/mol. The highest BCUT2D eigenvalue weighted by molar-refractivity contribution is 8.00. The maximum atomic E-state index is 12.8. The Morgan fingerprint density at radius 3 is 2.82 bits per heavy atom. The molecule has 9 heteroatoms. The van der Waals surface area contributed by atoms with Gasteiger partial charge in [-0.1, -0.05) is 30.0 Å². The molecule has 1 N–H and O–H groups in total. The second-order valence-electron chi connectivity index (χ2n) is 7.15. The molecule has 0 spiro atoms. The molecule has 0 fully saturated rings. The van der Waals surface area contributed by atoms with E-state index in [1.807, 2.05) is 41.0 Å². The van der Waals surface area contributed by atoms with E-state index in [9.17, 15) is 4.79 Å². The minimum Gasteiger partial charge on any atom is -0.497 e. The third-order valence-electron chi connectivity index (χ3n) is 4.85. The summed E-state index contributed by atoms with van der Waals surface area (Å²) in [4.78, 5) is 12.8. The Morgan fingerprint density at radius 1 is 1.21 bits per heavy atom. The Kier molecular flexibility index (Phi) is 6.76. The number of aromatic nitrogens is 3. The summed E-state index contributed by atoms with van der Waals surface area (Å²) >= 11 is 1.29. The average Bonchev–Trinajstić information content (AvgIpc) is 3.50. The van der Waals surface area contributed by atoms with Crippen molar-refractivity contribution in [2.75, 3.05) is 12.4 Å². The number of methoxy groups -OCH3 is 1. The zero-order valence-electron chi connectivity index (χ0n) is 18.1. The van der Waals surface area contributed by atoms with Gasteiger partial charge in [0.25, 0.3) is 0 Å².